The van der Waals surface area contributed by atoms with Crippen LogP contribution in [-0.2, 0) is 6.54 Å². The second-order valence-electron chi connectivity index (χ2n) is 6.48. The fourth-order valence-electron chi connectivity index (χ4n) is 3.87. The van der Waals surface area contributed by atoms with Crippen molar-refractivity contribution in [2.45, 2.75) is 32.4 Å². The van der Waals surface area contributed by atoms with Crippen LogP contribution < -0.4 is 4.74 Å². The van der Waals surface area contributed by atoms with Crippen LogP contribution in [0.3, 0.4) is 0 Å². The van der Waals surface area contributed by atoms with Crippen LogP contribution in [0.1, 0.15) is 37.1 Å². The molecule has 3 heterocycles. The van der Waals surface area contributed by atoms with Gasteiger partial charge in [0.15, 0.2) is 0 Å². The van der Waals surface area contributed by atoms with E-state index in [0.717, 1.165) is 18.8 Å². The number of ether oxygens (including phenoxy) is 1. The number of hydrogen-bond donors (Lipinski definition) is 0. The molecular formula is C19H24N2O. The average molecular weight is 296 g/mol. The number of para-hydroxylation sites is 1. The van der Waals surface area contributed by atoms with Gasteiger partial charge in [0.05, 0.1) is 12.2 Å². The van der Waals surface area contributed by atoms with E-state index >= 15 is 0 Å². The number of fused-ring (bicyclic) bond motifs is 2. The van der Waals surface area contributed by atoms with Crippen LogP contribution in [0.4, 0.5) is 0 Å². The minimum absolute atomic E-state index is 0.192. The third-order valence-electron chi connectivity index (χ3n) is 5.23. The second-order valence-corrected chi connectivity index (χ2v) is 6.48. The molecule has 1 atom stereocenters. The Kier molecular flexibility index (Phi) is 3.67. The fourth-order valence-corrected chi connectivity index (χ4v) is 3.87. The maximum atomic E-state index is 6.51. The zero-order valence-electron chi connectivity index (χ0n) is 13.2. The number of hydrogen-bond acceptors (Lipinski definition) is 2. The van der Waals surface area contributed by atoms with Gasteiger partial charge in [-0.15, -0.1) is 0 Å². The molecule has 0 spiro atoms. The lowest BCUT2D eigenvalue weighted by molar-refractivity contribution is 0.0759. The summed E-state index contributed by atoms with van der Waals surface area (Å²) in [4.78, 5) is 2.54. The summed E-state index contributed by atoms with van der Waals surface area (Å²) in [5.41, 5.74) is 2.62. The van der Waals surface area contributed by atoms with Crippen LogP contribution in [0, 0.1) is 5.92 Å². The van der Waals surface area contributed by atoms with Gasteiger partial charge < -0.3 is 14.2 Å². The van der Waals surface area contributed by atoms with Crippen molar-refractivity contribution in [1.82, 2.24) is 9.47 Å². The third-order valence-corrected chi connectivity index (χ3v) is 5.23. The van der Waals surface area contributed by atoms with E-state index < -0.39 is 0 Å². The molecule has 2 aliphatic heterocycles. The molecule has 3 nitrogen and oxygen atoms in total. The van der Waals surface area contributed by atoms with Crippen molar-refractivity contribution in [2.75, 3.05) is 19.6 Å². The van der Waals surface area contributed by atoms with E-state index in [4.69, 9.17) is 4.74 Å². The van der Waals surface area contributed by atoms with Crippen LogP contribution in [0.15, 0.2) is 42.6 Å². The summed E-state index contributed by atoms with van der Waals surface area (Å²) in [6.07, 6.45) is 4.84. The first-order chi connectivity index (χ1) is 10.8. The van der Waals surface area contributed by atoms with Gasteiger partial charge in [-0.2, -0.15) is 0 Å². The van der Waals surface area contributed by atoms with Crippen molar-refractivity contribution < 1.29 is 4.74 Å². The van der Waals surface area contributed by atoms with Crippen molar-refractivity contribution in [3.05, 3.63) is 53.9 Å². The normalized spacial score (nSPS) is 22.5. The van der Waals surface area contributed by atoms with Gasteiger partial charge >= 0.3 is 0 Å². The maximum absolute atomic E-state index is 6.51. The Morgan fingerprint density at radius 1 is 1.09 bits per heavy atom. The Hall–Kier alpha value is -1.74. The summed E-state index contributed by atoms with van der Waals surface area (Å²) in [6, 6.07) is 12.9. The molecule has 1 saturated heterocycles. The smallest absolute Gasteiger partial charge is 0.141 e. The van der Waals surface area contributed by atoms with Crippen LogP contribution >= 0.6 is 0 Å². The molecular weight excluding hydrogens is 272 g/mol. The highest BCUT2D eigenvalue weighted by molar-refractivity contribution is 5.36. The number of rotatable bonds is 2. The minimum atomic E-state index is 0.192. The Balaban J connectivity index is 1.65. The average Bonchev–Trinajstić information content (AvgIpc) is 2.96. The summed E-state index contributed by atoms with van der Waals surface area (Å²) in [6.45, 7) is 6.73. The molecule has 116 valence electrons. The highest BCUT2D eigenvalue weighted by Gasteiger charge is 2.32. The van der Waals surface area contributed by atoms with Gasteiger partial charge in [0.1, 0.15) is 11.9 Å². The zero-order chi connectivity index (χ0) is 14.9. The first-order valence-electron chi connectivity index (χ1n) is 8.47. The zero-order valence-corrected chi connectivity index (χ0v) is 13.2. The lowest BCUT2D eigenvalue weighted by Crippen LogP contribution is -2.36. The number of benzene rings is 1. The van der Waals surface area contributed by atoms with Gasteiger partial charge in [-0.05, 0) is 50.7 Å². The van der Waals surface area contributed by atoms with E-state index in [-0.39, 0.29) is 6.10 Å². The molecule has 0 aliphatic carbocycles. The quantitative estimate of drug-likeness (QED) is 0.840. The SMILES string of the molecule is CCN1CCC(C2Oc3ccccc3Cn3cccc32)CC1. The molecule has 0 bridgehead atoms. The number of likely N-dealkylation sites (tertiary alicyclic amines) is 1. The van der Waals surface area contributed by atoms with Crippen molar-refractivity contribution in [2.24, 2.45) is 5.92 Å². The first kappa shape index (κ1) is 13.9. The summed E-state index contributed by atoms with van der Waals surface area (Å²) in [5.74, 6) is 1.68. The molecule has 0 saturated carbocycles. The second kappa shape index (κ2) is 5.81. The van der Waals surface area contributed by atoms with Crippen molar-refractivity contribution in [1.29, 1.82) is 0 Å². The van der Waals surface area contributed by atoms with Gasteiger partial charge in [0.2, 0.25) is 0 Å². The molecule has 0 N–H and O–H groups in total. The summed E-state index contributed by atoms with van der Waals surface area (Å²) in [5, 5.41) is 0. The lowest BCUT2D eigenvalue weighted by atomic mass is 9.89. The Morgan fingerprint density at radius 2 is 1.91 bits per heavy atom. The van der Waals surface area contributed by atoms with Gasteiger partial charge in [-0.1, -0.05) is 25.1 Å². The molecule has 0 radical (unpaired) electrons. The fraction of sp³-hybridized carbons (Fsp3) is 0.474. The molecule has 22 heavy (non-hydrogen) atoms. The van der Waals surface area contributed by atoms with E-state index in [1.54, 1.807) is 0 Å². The van der Waals surface area contributed by atoms with E-state index in [9.17, 15) is 0 Å². The molecule has 1 aromatic carbocycles. The predicted molar refractivity (Wildman–Crippen MR) is 88.2 cm³/mol. The summed E-state index contributed by atoms with van der Waals surface area (Å²) >= 11 is 0. The Bertz CT molecular complexity index is 640. The number of nitrogens with zero attached hydrogens (tertiary/aromatic N) is 2. The van der Waals surface area contributed by atoms with Gasteiger partial charge in [-0.25, -0.2) is 0 Å². The molecule has 4 rings (SSSR count). The monoisotopic (exact) mass is 296 g/mol. The van der Waals surface area contributed by atoms with Crippen LogP contribution in [0.5, 0.6) is 5.75 Å². The van der Waals surface area contributed by atoms with E-state index in [1.165, 1.54) is 37.2 Å². The van der Waals surface area contributed by atoms with Crippen molar-refractivity contribution >= 4 is 0 Å². The molecule has 0 amide bonds. The summed E-state index contributed by atoms with van der Waals surface area (Å²) < 4.78 is 8.87. The largest absolute Gasteiger partial charge is 0.484 e. The number of piperidine rings is 1. The molecule has 2 aromatic rings. The van der Waals surface area contributed by atoms with Crippen molar-refractivity contribution in [3.63, 3.8) is 0 Å². The maximum Gasteiger partial charge on any atom is 0.141 e. The molecule has 1 unspecified atom stereocenters. The van der Waals surface area contributed by atoms with Gasteiger partial charge in [-0.3, -0.25) is 0 Å². The van der Waals surface area contributed by atoms with E-state index in [0.29, 0.717) is 5.92 Å². The summed E-state index contributed by atoms with van der Waals surface area (Å²) in [7, 11) is 0. The number of aromatic nitrogens is 1. The molecule has 1 fully saturated rings. The van der Waals surface area contributed by atoms with Gasteiger partial charge in [0, 0.05) is 17.7 Å². The highest BCUT2D eigenvalue weighted by Crippen LogP contribution is 2.38. The standard InChI is InChI=1S/C19H24N2O/c1-2-20-12-9-15(10-13-20)19-17-7-5-11-21(17)14-16-6-3-4-8-18(16)22-19/h3-8,11,15,19H,2,9-10,12-14H2,1H3. The molecule has 2 aliphatic rings. The van der Waals surface area contributed by atoms with Crippen LogP contribution in [-0.4, -0.2) is 29.1 Å². The molecule has 3 heteroatoms. The lowest BCUT2D eigenvalue weighted by Gasteiger charge is -2.35. The van der Waals surface area contributed by atoms with Crippen molar-refractivity contribution in [3.8, 4) is 5.75 Å². The van der Waals surface area contributed by atoms with Gasteiger partial charge in [0.25, 0.3) is 0 Å². The Labute approximate surface area is 132 Å². The first-order valence-corrected chi connectivity index (χ1v) is 8.47. The third kappa shape index (κ3) is 2.44. The van der Waals surface area contributed by atoms with Crippen LogP contribution in [0.25, 0.3) is 0 Å². The highest BCUT2D eigenvalue weighted by atomic mass is 16.5. The molecule has 1 aromatic heterocycles. The topological polar surface area (TPSA) is 17.4 Å². The van der Waals surface area contributed by atoms with Crippen LogP contribution in [0.2, 0.25) is 0 Å². The minimum Gasteiger partial charge on any atom is -0.484 e. The predicted octanol–water partition coefficient (Wildman–Crippen LogP) is 3.70. The van der Waals surface area contributed by atoms with E-state index in [1.807, 2.05) is 0 Å². The van der Waals surface area contributed by atoms with E-state index in [2.05, 4.69) is 59.0 Å². The Morgan fingerprint density at radius 3 is 2.73 bits per heavy atom.